The summed E-state index contributed by atoms with van der Waals surface area (Å²) in [6, 6.07) is 5.50. The van der Waals surface area contributed by atoms with Crippen molar-refractivity contribution in [3.05, 3.63) is 45.8 Å². The van der Waals surface area contributed by atoms with E-state index >= 15 is 0 Å². The van der Waals surface area contributed by atoms with Crippen LogP contribution in [0.2, 0.25) is 0 Å². The minimum Gasteiger partial charge on any atom is -0.328 e. The van der Waals surface area contributed by atoms with E-state index in [1.165, 1.54) is 24.3 Å². The van der Waals surface area contributed by atoms with Gasteiger partial charge in [-0.3, -0.25) is 14.7 Å². The van der Waals surface area contributed by atoms with Gasteiger partial charge in [0, 0.05) is 17.8 Å². The predicted molar refractivity (Wildman–Crippen MR) is 80.2 cm³/mol. The molecule has 2 unspecified atom stereocenters. The van der Waals surface area contributed by atoms with E-state index in [4.69, 9.17) is 4.52 Å². The quantitative estimate of drug-likeness (QED) is 0.416. The SMILES string of the molecule is CC(C)CP(C)(=O)OCC(C[N+](=O)[O-])c1ccc(F)cc1. The summed E-state index contributed by atoms with van der Waals surface area (Å²) in [5.41, 5.74) is 0.609. The molecule has 0 aliphatic heterocycles. The second-order valence-electron chi connectivity index (χ2n) is 5.65. The fourth-order valence-electron chi connectivity index (χ4n) is 2.13. The van der Waals surface area contributed by atoms with Crippen molar-refractivity contribution in [3.8, 4) is 0 Å². The third kappa shape index (κ3) is 6.82. The van der Waals surface area contributed by atoms with Gasteiger partial charge in [0.25, 0.3) is 0 Å². The highest BCUT2D eigenvalue weighted by Gasteiger charge is 2.24. The standard InChI is InChI=1S/C14H21FNO4P/c1-11(2)10-21(3,19)20-9-13(8-16(17)18)12-4-6-14(15)7-5-12/h4-7,11,13H,8-10H2,1-3H3. The van der Waals surface area contributed by atoms with Crippen molar-refractivity contribution in [2.75, 3.05) is 26.0 Å². The first-order valence-electron chi connectivity index (χ1n) is 6.78. The predicted octanol–water partition coefficient (Wildman–Crippen LogP) is 3.77. The second kappa shape index (κ2) is 7.66. The summed E-state index contributed by atoms with van der Waals surface area (Å²) >= 11 is 0. The molecule has 0 N–H and O–H groups in total. The van der Waals surface area contributed by atoms with Gasteiger partial charge in [-0.25, -0.2) is 4.39 Å². The van der Waals surface area contributed by atoms with E-state index in [2.05, 4.69) is 0 Å². The van der Waals surface area contributed by atoms with Crippen LogP contribution in [-0.4, -0.2) is 30.9 Å². The highest BCUT2D eigenvalue weighted by atomic mass is 31.2. The molecule has 0 saturated heterocycles. The topological polar surface area (TPSA) is 69.4 Å². The number of rotatable bonds is 8. The Morgan fingerprint density at radius 1 is 1.33 bits per heavy atom. The van der Waals surface area contributed by atoms with Crippen molar-refractivity contribution in [2.45, 2.75) is 19.8 Å². The number of halogens is 1. The molecule has 0 heterocycles. The summed E-state index contributed by atoms with van der Waals surface area (Å²) in [5.74, 6) is -0.720. The van der Waals surface area contributed by atoms with Crippen LogP contribution in [0.15, 0.2) is 24.3 Å². The lowest BCUT2D eigenvalue weighted by molar-refractivity contribution is -0.483. The number of hydrogen-bond acceptors (Lipinski definition) is 4. The Balaban J connectivity index is 2.77. The van der Waals surface area contributed by atoms with Gasteiger partial charge in [0.15, 0.2) is 7.37 Å². The third-order valence-electron chi connectivity index (χ3n) is 2.96. The van der Waals surface area contributed by atoms with Crippen LogP contribution >= 0.6 is 7.37 Å². The molecule has 1 aromatic carbocycles. The molecule has 1 aromatic rings. The van der Waals surface area contributed by atoms with Gasteiger partial charge in [0.05, 0.1) is 12.5 Å². The summed E-state index contributed by atoms with van der Waals surface area (Å²) < 4.78 is 30.6. The molecule has 7 heteroatoms. The zero-order chi connectivity index (χ0) is 16.0. The zero-order valence-corrected chi connectivity index (χ0v) is 13.4. The van der Waals surface area contributed by atoms with Gasteiger partial charge in [0.1, 0.15) is 5.82 Å². The normalized spacial score (nSPS) is 15.7. The highest BCUT2D eigenvalue weighted by molar-refractivity contribution is 7.58. The molecule has 0 spiro atoms. The Bertz CT molecular complexity index is 518. The van der Waals surface area contributed by atoms with Crippen molar-refractivity contribution < 1.29 is 18.4 Å². The van der Waals surface area contributed by atoms with E-state index in [9.17, 15) is 19.1 Å². The van der Waals surface area contributed by atoms with Crippen molar-refractivity contribution in [1.82, 2.24) is 0 Å². The molecule has 0 bridgehead atoms. The van der Waals surface area contributed by atoms with E-state index in [-0.39, 0.29) is 19.1 Å². The van der Waals surface area contributed by atoms with Gasteiger partial charge in [-0.15, -0.1) is 0 Å². The molecule has 0 aliphatic rings. The first kappa shape index (κ1) is 17.8. The maximum Gasteiger partial charge on any atom is 0.212 e. The zero-order valence-electron chi connectivity index (χ0n) is 12.5. The molecule has 1 rings (SSSR count). The Labute approximate surface area is 124 Å². The number of hydrogen-bond donors (Lipinski definition) is 0. The van der Waals surface area contributed by atoms with Crippen LogP contribution in [0.5, 0.6) is 0 Å². The van der Waals surface area contributed by atoms with Crippen LogP contribution in [0, 0.1) is 21.8 Å². The third-order valence-corrected chi connectivity index (χ3v) is 5.05. The number of nitrogens with zero attached hydrogens (tertiary/aromatic N) is 1. The lowest BCUT2D eigenvalue weighted by atomic mass is 10.0. The summed E-state index contributed by atoms with van der Waals surface area (Å²) in [6.07, 6.45) is 0.432. The Morgan fingerprint density at radius 2 is 1.90 bits per heavy atom. The van der Waals surface area contributed by atoms with Crippen LogP contribution in [0.1, 0.15) is 25.3 Å². The first-order chi connectivity index (χ1) is 9.69. The maximum absolute atomic E-state index is 12.9. The van der Waals surface area contributed by atoms with Crippen molar-refractivity contribution >= 4 is 7.37 Å². The van der Waals surface area contributed by atoms with E-state index in [1.807, 2.05) is 13.8 Å². The molecule has 0 radical (unpaired) electrons. The summed E-state index contributed by atoms with van der Waals surface area (Å²) in [7, 11) is -2.77. The van der Waals surface area contributed by atoms with Gasteiger partial charge in [-0.1, -0.05) is 26.0 Å². The molecule has 5 nitrogen and oxygen atoms in total. The van der Waals surface area contributed by atoms with Crippen molar-refractivity contribution in [2.24, 2.45) is 5.92 Å². The largest absolute Gasteiger partial charge is 0.328 e. The van der Waals surface area contributed by atoms with Crippen LogP contribution < -0.4 is 0 Å². The van der Waals surface area contributed by atoms with Crippen LogP contribution in [0.25, 0.3) is 0 Å². The lowest BCUT2D eigenvalue weighted by Crippen LogP contribution is -2.18. The Kier molecular flexibility index (Phi) is 6.49. The molecule has 2 atom stereocenters. The highest BCUT2D eigenvalue weighted by Crippen LogP contribution is 2.45. The Morgan fingerprint density at radius 3 is 2.38 bits per heavy atom. The maximum atomic E-state index is 12.9. The average molecular weight is 317 g/mol. The summed E-state index contributed by atoms with van der Waals surface area (Å²) in [4.78, 5) is 10.3. The van der Waals surface area contributed by atoms with E-state index in [1.54, 1.807) is 6.66 Å². The van der Waals surface area contributed by atoms with Crippen LogP contribution in [-0.2, 0) is 9.09 Å². The lowest BCUT2D eigenvalue weighted by Gasteiger charge is -2.19. The molecule has 0 aromatic heterocycles. The molecule has 0 aliphatic carbocycles. The van der Waals surface area contributed by atoms with Gasteiger partial charge in [-0.2, -0.15) is 0 Å². The molecular weight excluding hydrogens is 296 g/mol. The van der Waals surface area contributed by atoms with Gasteiger partial charge in [0.2, 0.25) is 6.54 Å². The fourth-order valence-corrected chi connectivity index (χ4v) is 4.06. The van der Waals surface area contributed by atoms with E-state index in [0.29, 0.717) is 11.7 Å². The summed E-state index contributed by atoms with van der Waals surface area (Å²) in [6.45, 7) is 5.07. The van der Waals surface area contributed by atoms with Gasteiger partial charge >= 0.3 is 0 Å². The monoisotopic (exact) mass is 317 g/mol. The minimum atomic E-state index is -2.77. The molecule has 21 heavy (non-hydrogen) atoms. The smallest absolute Gasteiger partial charge is 0.212 e. The van der Waals surface area contributed by atoms with E-state index in [0.717, 1.165) is 0 Å². The van der Waals surface area contributed by atoms with Gasteiger partial charge in [-0.05, 0) is 23.6 Å². The van der Waals surface area contributed by atoms with Crippen molar-refractivity contribution in [1.29, 1.82) is 0 Å². The minimum absolute atomic E-state index is 0.00684. The van der Waals surface area contributed by atoms with E-state index < -0.39 is 24.0 Å². The second-order valence-corrected chi connectivity index (χ2v) is 8.30. The fraction of sp³-hybridized carbons (Fsp3) is 0.571. The Hall–Kier alpha value is -1.26. The molecular formula is C14H21FNO4P. The van der Waals surface area contributed by atoms with Gasteiger partial charge < -0.3 is 4.52 Å². The molecule has 0 saturated carbocycles. The molecule has 118 valence electrons. The summed E-state index contributed by atoms with van der Waals surface area (Å²) in [5, 5.41) is 10.8. The molecule has 0 amide bonds. The van der Waals surface area contributed by atoms with Crippen molar-refractivity contribution in [3.63, 3.8) is 0 Å². The number of benzene rings is 1. The van der Waals surface area contributed by atoms with Crippen LogP contribution in [0.3, 0.4) is 0 Å². The first-order valence-corrected chi connectivity index (χ1v) is 9.03. The molecule has 0 fully saturated rings. The van der Waals surface area contributed by atoms with Crippen LogP contribution in [0.4, 0.5) is 4.39 Å². The average Bonchev–Trinajstić information content (AvgIpc) is 2.33. The number of nitro groups is 1.